The average Bonchev–Trinajstić information content (AvgIpc) is 3.52. The van der Waals surface area contributed by atoms with Gasteiger partial charge in [-0.3, -0.25) is 9.59 Å². The van der Waals surface area contributed by atoms with Crippen LogP contribution in [0.4, 0.5) is 0 Å². The second-order valence-electron chi connectivity index (χ2n) is 8.04. The minimum atomic E-state index is -2.30. The monoisotopic (exact) mass is 550 g/mol. The van der Waals surface area contributed by atoms with E-state index in [1.54, 1.807) is 26.0 Å². The Hall–Kier alpha value is -2.40. The lowest BCUT2D eigenvalue weighted by Gasteiger charge is -2.39. The summed E-state index contributed by atoms with van der Waals surface area (Å²) < 4.78 is 17.9. The average molecular weight is 551 g/mol. The van der Waals surface area contributed by atoms with Crippen molar-refractivity contribution in [2.75, 3.05) is 13.2 Å². The number of ether oxygens (including phenoxy) is 3. The molecule has 4 atom stereocenters. The van der Waals surface area contributed by atoms with E-state index in [9.17, 15) is 20.1 Å². The van der Waals surface area contributed by atoms with E-state index in [-0.39, 0.29) is 13.2 Å². The number of aryl methyl sites for hydroxylation is 2. The number of hydrogen-bond acceptors (Lipinski definition) is 9. The van der Waals surface area contributed by atoms with Gasteiger partial charge in [-0.1, -0.05) is 23.2 Å². The lowest BCUT2D eigenvalue weighted by molar-refractivity contribution is -0.168. The van der Waals surface area contributed by atoms with Gasteiger partial charge in [0.15, 0.2) is 0 Å². The number of carbonyl (C=O) groups is 2. The second kappa shape index (κ2) is 9.24. The molecule has 0 amide bonds. The van der Waals surface area contributed by atoms with Crippen molar-refractivity contribution in [3.8, 4) is 12.1 Å². The van der Waals surface area contributed by atoms with Gasteiger partial charge in [0.05, 0.1) is 34.0 Å². The third-order valence-electron chi connectivity index (χ3n) is 6.40. The van der Waals surface area contributed by atoms with Gasteiger partial charge in [-0.15, -0.1) is 22.7 Å². The van der Waals surface area contributed by atoms with E-state index in [1.165, 1.54) is 22.7 Å². The van der Waals surface area contributed by atoms with E-state index in [2.05, 4.69) is 0 Å². The summed E-state index contributed by atoms with van der Waals surface area (Å²) in [5.74, 6) is -2.03. The van der Waals surface area contributed by atoms with Gasteiger partial charge >= 0.3 is 11.9 Å². The molecule has 11 heteroatoms. The molecule has 0 unspecified atom stereocenters. The van der Waals surface area contributed by atoms with Crippen LogP contribution in [0.5, 0.6) is 0 Å². The maximum atomic E-state index is 13.5. The highest BCUT2D eigenvalue weighted by atomic mass is 35.5. The van der Waals surface area contributed by atoms with Gasteiger partial charge in [0.25, 0.3) is 0 Å². The molecule has 4 heterocycles. The van der Waals surface area contributed by atoms with Crippen LogP contribution in [0, 0.1) is 47.3 Å². The van der Waals surface area contributed by atoms with Crippen molar-refractivity contribution in [1.29, 1.82) is 10.5 Å². The number of rotatable bonds is 6. The van der Waals surface area contributed by atoms with E-state index in [0.29, 0.717) is 30.9 Å². The van der Waals surface area contributed by atoms with Crippen LogP contribution in [-0.4, -0.2) is 37.4 Å². The number of halogens is 2. The van der Waals surface area contributed by atoms with Crippen molar-refractivity contribution < 1.29 is 23.8 Å². The van der Waals surface area contributed by atoms with Crippen molar-refractivity contribution in [2.24, 2.45) is 10.8 Å². The molecular weight excluding hydrogens is 531 g/mol. The van der Waals surface area contributed by atoms with E-state index in [1.807, 2.05) is 26.0 Å². The highest BCUT2D eigenvalue weighted by molar-refractivity contribution is 7.16. The fraction of sp³-hybridized carbons (Fsp3) is 0.417. The van der Waals surface area contributed by atoms with E-state index in [0.717, 1.165) is 9.75 Å². The molecule has 0 N–H and O–H groups in total. The van der Waals surface area contributed by atoms with Crippen molar-refractivity contribution in [3.05, 3.63) is 41.7 Å². The SMILES string of the molecule is CCOC(=O)[C@]1(C#N)[C@@H]2O[C@@H](C(c3cc(Cl)sc3C)=C2c2cc(Cl)sc2C)[C@@]1(C#N)C(=O)OCC. The van der Waals surface area contributed by atoms with Crippen LogP contribution in [0.1, 0.15) is 34.7 Å². The number of thiophene rings is 2. The maximum Gasteiger partial charge on any atom is 0.332 e. The lowest BCUT2D eigenvalue weighted by Crippen LogP contribution is -2.59. The molecule has 1 saturated heterocycles. The van der Waals surface area contributed by atoms with Crippen molar-refractivity contribution in [1.82, 2.24) is 0 Å². The van der Waals surface area contributed by atoms with Crippen LogP contribution in [0.2, 0.25) is 8.67 Å². The molecular formula is C24H20Cl2N2O5S2. The number of carbonyl (C=O) groups excluding carboxylic acids is 2. The Balaban J connectivity index is 2.15. The molecule has 2 bridgehead atoms. The first-order chi connectivity index (χ1) is 16.6. The fourth-order valence-electron chi connectivity index (χ4n) is 5.02. The quantitative estimate of drug-likeness (QED) is 0.432. The van der Waals surface area contributed by atoms with Gasteiger partial charge < -0.3 is 14.2 Å². The first-order valence-corrected chi connectivity index (χ1v) is 13.1. The van der Waals surface area contributed by atoms with E-state index < -0.39 is 35.0 Å². The van der Waals surface area contributed by atoms with Gasteiger partial charge in [-0.25, -0.2) is 0 Å². The largest absolute Gasteiger partial charge is 0.465 e. The number of hydrogen-bond donors (Lipinski definition) is 0. The van der Waals surface area contributed by atoms with Gasteiger partial charge in [-0.05, 0) is 62.1 Å². The van der Waals surface area contributed by atoms with Gasteiger partial charge in [0.2, 0.25) is 10.8 Å². The first-order valence-electron chi connectivity index (χ1n) is 10.7. The number of fused-ring (bicyclic) bond motifs is 2. The van der Waals surface area contributed by atoms with Crippen LogP contribution in [0.3, 0.4) is 0 Å². The lowest BCUT2D eigenvalue weighted by atomic mass is 9.54. The molecule has 2 aliphatic heterocycles. The highest BCUT2D eigenvalue weighted by Crippen LogP contribution is 2.67. The summed E-state index contributed by atoms with van der Waals surface area (Å²) in [6.07, 6.45) is -2.56. The molecule has 1 fully saturated rings. The normalized spacial score (nSPS) is 27.0. The molecule has 0 aliphatic carbocycles. The van der Waals surface area contributed by atoms with Crippen LogP contribution >= 0.6 is 45.9 Å². The summed E-state index contributed by atoms with van der Waals surface area (Å²) in [7, 11) is 0. The summed E-state index contributed by atoms with van der Waals surface area (Å²) in [6.45, 7) is 6.76. The van der Waals surface area contributed by atoms with Crippen molar-refractivity contribution in [2.45, 2.75) is 39.9 Å². The van der Waals surface area contributed by atoms with Gasteiger partial charge in [-0.2, -0.15) is 10.5 Å². The number of nitriles is 2. The number of nitrogens with zero attached hydrogens (tertiary/aromatic N) is 2. The van der Waals surface area contributed by atoms with Crippen LogP contribution in [0.15, 0.2) is 12.1 Å². The van der Waals surface area contributed by atoms with E-state index >= 15 is 0 Å². The summed E-state index contributed by atoms with van der Waals surface area (Å²) in [5, 5.41) is 21.0. The summed E-state index contributed by atoms with van der Waals surface area (Å²) in [4.78, 5) is 28.7. The molecule has 4 rings (SSSR count). The molecule has 2 aromatic heterocycles. The minimum absolute atomic E-state index is 0.0571. The Morgan fingerprint density at radius 1 is 0.914 bits per heavy atom. The van der Waals surface area contributed by atoms with Gasteiger partial charge in [0, 0.05) is 9.75 Å². The summed E-state index contributed by atoms with van der Waals surface area (Å²) >= 11 is 15.3. The maximum absolute atomic E-state index is 13.5. The Morgan fingerprint density at radius 3 is 1.54 bits per heavy atom. The Bertz CT molecular complexity index is 1250. The van der Waals surface area contributed by atoms with Crippen molar-refractivity contribution >= 4 is 69.0 Å². The predicted molar refractivity (Wildman–Crippen MR) is 133 cm³/mol. The number of esters is 2. The molecule has 0 radical (unpaired) electrons. The standard InChI is InChI=1S/C24H20Cl2N2O5S2/c1-5-31-21(29)23(9-27)19-17(13-7-15(25)34-11(13)3)18(14-8-16(26)35-12(14)4)20(33-19)24(23,10-28)22(30)32-6-2/h7-8,19-20H,5-6H2,1-4H3/t19-,20+,23-,24-/m0/s1. The third kappa shape index (κ3) is 3.37. The zero-order valence-electron chi connectivity index (χ0n) is 19.2. The Morgan fingerprint density at radius 2 is 1.29 bits per heavy atom. The molecule has 2 aromatic rings. The topological polar surface area (TPSA) is 109 Å². The molecule has 35 heavy (non-hydrogen) atoms. The first kappa shape index (κ1) is 25.7. The minimum Gasteiger partial charge on any atom is -0.465 e. The zero-order valence-corrected chi connectivity index (χ0v) is 22.4. The zero-order chi connectivity index (χ0) is 25.7. The van der Waals surface area contributed by atoms with Gasteiger partial charge in [0.1, 0.15) is 12.2 Å². The smallest absolute Gasteiger partial charge is 0.332 e. The molecule has 7 nitrogen and oxygen atoms in total. The molecule has 0 aromatic carbocycles. The van der Waals surface area contributed by atoms with E-state index in [4.69, 9.17) is 37.4 Å². The van der Waals surface area contributed by atoms with Crippen LogP contribution in [-0.2, 0) is 23.8 Å². The van der Waals surface area contributed by atoms with Crippen LogP contribution in [0.25, 0.3) is 11.1 Å². The summed E-state index contributed by atoms with van der Waals surface area (Å²) in [5.41, 5.74) is -2.24. The molecule has 0 saturated carbocycles. The highest BCUT2D eigenvalue weighted by Gasteiger charge is 2.81. The molecule has 182 valence electrons. The Labute approximate surface area is 220 Å². The molecule has 2 aliphatic rings. The predicted octanol–water partition coefficient (Wildman–Crippen LogP) is 5.57. The fourth-order valence-corrected chi connectivity index (χ4v) is 7.42. The second-order valence-corrected chi connectivity index (χ2v) is 11.8. The van der Waals surface area contributed by atoms with Crippen molar-refractivity contribution in [3.63, 3.8) is 0 Å². The third-order valence-corrected chi connectivity index (χ3v) is 8.76. The Kier molecular flexibility index (Phi) is 6.78. The molecule has 0 spiro atoms. The summed E-state index contributed by atoms with van der Waals surface area (Å²) in [6, 6.07) is 7.43. The van der Waals surface area contributed by atoms with Crippen LogP contribution < -0.4 is 0 Å².